The molecule has 0 amide bonds. The van der Waals surface area contributed by atoms with Crippen LogP contribution in [0.3, 0.4) is 0 Å². The molecule has 0 aromatic carbocycles. The van der Waals surface area contributed by atoms with Gasteiger partial charge in [-0.05, 0) is 0 Å². The molecule has 0 unspecified atom stereocenters. The van der Waals surface area contributed by atoms with Gasteiger partial charge in [-0.15, -0.1) is 0 Å². The molecule has 0 aromatic heterocycles. The maximum atomic E-state index is 10.8. The Balaban J connectivity index is 3.54. The van der Waals surface area contributed by atoms with E-state index in [1.54, 1.807) is 0 Å². The molecule has 5 heteroatoms. The molecule has 0 bridgehead atoms. The molecule has 0 aromatic rings. The van der Waals surface area contributed by atoms with Gasteiger partial charge in [0, 0.05) is 1.34 Å². The van der Waals surface area contributed by atoms with Crippen molar-refractivity contribution in [1.29, 1.82) is 1.34 Å². The van der Waals surface area contributed by atoms with Gasteiger partial charge in [0.2, 0.25) is 0 Å². The summed E-state index contributed by atoms with van der Waals surface area (Å²) in [5.74, 6) is 0. The van der Waals surface area contributed by atoms with Gasteiger partial charge in [-0.25, -0.2) is 0 Å². The van der Waals surface area contributed by atoms with Crippen LogP contribution in [0.2, 0.25) is 0 Å². The quantitative estimate of drug-likeness (QED) is 0.313. The van der Waals surface area contributed by atoms with Crippen molar-refractivity contribution in [3.63, 3.8) is 0 Å². The van der Waals surface area contributed by atoms with Gasteiger partial charge in [-0.3, -0.25) is 0 Å². The molecular formula is CHBF4. The molecule has 0 saturated heterocycles. The second-order valence-electron chi connectivity index (χ2n) is 0.651. The van der Waals surface area contributed by atoms with Crippen molar-refractivity contribution in [3.05, 3.63) is 0 Å². The molecule has 0 atom stereocenters. The van der Waals surface area contributed by atoms with Crippen molar-refractivity contribution in [2.24, 2.45) is 0 Å². The summed E-state index contributed by atoms with van der Waals surface area (Å²) in [5.41, 5.74) is 0. The van der Waals surface area contributed by atoms with Gasteiger partial charge < -0.3 is 4.32 Å². The second kappa shape index (κ2) is 1.49. The summed E-state index contributed by atoms with van der Waals surface area (Å²) in [6, 6.07) is 0. The summed E-state index contributed by atoms with van der Waals surface area (Å²) in [6.45, 7) is 0. The standard InChI is InChI=1S/CHBF4/c3-1(4,5)2-6/h2H/i2D. The molecule has 0 spiro atoms. The van der Waals surface area contributed by atoms with Gasteiger partial charge in [0.15, 0.2) is 0 Å². The number of hydrogen-bond acceptors (Lipinski definition) is 0. The normalized spacial score (nSPS) is 13.7. The smallest absolute Gasteiger partial charge is 0.329 e. The minimum Gasteiger partial charge on any atom is -0.329 e. The Morgan fingerprint density at radius 2 is 1.67 bits per heavy atom. The zero-order chi connectivity index (χ0) is 6.08. The lowest BCUT2D eigenvalue weighted by Crippen LogP contribution is -2.12. The lowest BCUT2D eigenvalue weighted by atomic mass is 10.1. The van der Waals surface area contributed by atoms with E-state index in [1.165, 1.54) is 0 Å². The molecule has 6 heavy (non-hydrogen) atoms. The largest absolute Gasteiger partial charge is 0.453 e. The Hall–Kier alpha value is -0.215. The van der Waals surface area contributed by atoms with Crippen LogP contribution in [0.25, 0.3) is 0 Å². The highest BCUT2D eigenvalue weighted by Gasteiger charge is 2.29. The first-order valence-corrected chi connectivity index (χ1v) is 1.07. The monoisotopic (exact) mass is 101 g/mol. The maximum Gasteiger partial charge on any atom is 0.453 e. The minimum atomic E-state index is -5.00. The highest BCUT2D eigenvalue weighted by Crippen LogP contribution is 2.11. The summed E-state index contributed by atoms with van der Waals surface area (Å²) >= 11 is 0. The molecule has 0 aliphatic carbocycles. The van der Waals surface area contributed by atoms with E-state index in [2.05, 4.69) is 0 Å². The molecule has 0 saturated carbocycles. The SMILES string of the molecule is [2H]B(F)C(F)(F)F. The molecule has 0 N–H and O–H groups in total. The van der Waals surface area contributed by atoms with Crippen molar-refractivity contribution >= 4 is 7.52 Å². The lowest BCUT2D eigenvalue weighted by Gasteiger charge is -1.92. The molecule has 0 fully saturated rings. The van der Waals surface area contributed by atoms with Crippen molar-refractivity contribution < 1.29 is 17.5 Å². The maximum absolute atomic E-state index is 10.8. The molecule has 0 radical (unpaired) electrons. The van der Waals surface area contributed by atoms with E-state index in [-0.39, 0.29) is 0 Å². The highest BCUT2D eigenvalue weighted by atomic mass is 19.4. The Bertz CT molecular complexity index is 57.2. The fraction of sp³-hybridized carbons (Fsp3) is 1.00. The Kier molecular flexibility index (Phi) is 0.982. The zero-order valence-electron chi connectivity index (χ0n) is 3.59. The number of hydrogen-bond donors (Lipinski definition) is 0. The van der Waals surface area contributed by atoms with Crippen LogP contribution in [0.5, 0.6) is 0 Å². The summed E-state index contributed by atoms with van der Waals surface area (Å²) in [5, 5.41) is 0. The Labute approximate surface area is 33.8 Å². The van der Waals surface area contributed by atoms with Crippen LogP contribution >= 0.6 is 0 Å². The third-order valence-electron chi connectivity index (χ3n) is 0.124. The van der Waals surface area contributed by atoms with Crippen LogP contribution in [0.1, 0.15) is 0 Å². The molecule has 36 valence electrons. The van der Waals surface area contributed by atoms with Crippen molar-refractivity contribution in [2.75, 3.05) is 0 Å². The topological polar surface area (TPSA) is 0 Å². The third-order valence-corrected chi connectivity index (χ3v) is 0.124. The van der Waals surface area contributed by atoms with Crippen molar-refractivity contribution in [3.8, 4) is 0 Å². The van der Waals surface area contributed by atoms with Gasteiger partial charge >= 0.3 is 13.6 Å². The first kappa shape index (κ1) is 3.96. The first-order chi connectivity index (χ1) is 2.94. The van der Waals surface area contributed by atoms with Crippen LogP contribution in [-0.2, 0) is 0 Å². The van der Waals surface area contributed by atoms with E-state index in [0.29, 0.717) is 0 Å². The first-order valence-electron chi connectivity index (χ1n) is 1.65. The average molecular weight is 101 g/mol. The van der Waals surface area contributed by atoms with Gasteiger partial charge in [-0.2, -0.15) is 13.2 Å². The molecule has 0 rings (SSSR count). The predicted molar refractivity (Wildman–Crippen MR) is 14.3 cm³/mol. The van der Waals surface area contributed by atoms with Crippen LogP contribution in [0.15, 0.2) is 0 Å². The van der Waals surface area contributed by atoms with E-state index in [4.69, 9.17) is 1.34 Å². The minimum absolute atomic E-state index is 3.45. The number of rotatable bonds is 0. The Morgan fingerprint density at radius 3 is 1.67 bits per heavy atom. The van der Waals surface area contributed by atoms with E-state index in [9.17, 15) is 17.5 Å². The summed E-state index contributed by atoms with van der Waals surface area (Å²) < 4.78 is 48.0. The van der Waals surface area contributed by atoms with Gasteiger partial charge in [0.25, 0.3) is 0 Å². The van der Waals surface area contributed by atoms with E-state index in [1.807, 2.05) is 0 Å². The molecular weight excluding hydrogens is 98.8 g/mol. The summed E-state index contributed by atoms with van der Waals surface area (Å²) in [6.07, 6.45) is -5.00. The number of alkyl halides is 3. The second-order valence-corrected chi connectivity index (χ2v) is 0.651. The Morgan fingerprint density at radius 1 is 1.50 bits per heavy atom. The number of halogens is 4. The van der Waals surface area contributed by atoms with Crippen molar-refractivity contribution in [1.82, 2.24) is 0 Å². The fourth-order valence-corrected chi connectivity index (χ4v) is 0. The van der Waals surface area contributed by atoms with Crippen LogP contribution in [-0.4, -0.2) is 14.9 Å². The third kappa shape index (κ3) is 3.78. The van der Waals surface area contributed by atoms with E-state index >= 15 is 0 Å². The summed E-state index contributed by atoms with van der Waals surface area (Å²) in [7, 11) is -3.45. The zero-order valence-corrected chi connectivity index (χ0v) is 2.59. The van der Waals surface area contributed by atoms with Crippen LogP contribution in [0, 0.1) is 0 Å². The molecule has 0 heterocycles. The van der Waals surface area contributed by atoms with Gasteiger partial charge in [-0.1, -0.05) is 0 Å². The van der Waals surface area contributed by atoms with Crippen LogP contribution in [0.4, 0.5) is 17.5 Å². The summed E-state index contributed by atoms with van der Waals surface area (Å²) in [4.78, 5) is 0. The van der Waals surface area contributed by atoms with E-state index in [0.717, 1.165) is 0 Å². The van der Waals surface area contributed by atoms with Crippen molar-refractivity contribution in [2.45, 2.75) is 6.08 Å². The predicted octanol–water partition coefficient (Wildman–Crippen LogP) is 0.827. The van der Waals surface area contributed by atoms with Crippen LogP contribution < -0.4 is 0 Å². The van der Waals surface area contributed by atoms with Gasteiger partial charge in [0.05, 0.1) is 0 Å². The molecule has 0 aliphatic rings. The fourth-order valence-electron chi connectivity index (χ4n) is 0. The lowest BCUT2D eigenvalue weighted by molar-refractivity contribution is -0.0522. The average Bonchev–Trinajstić information content (AvgIpc) is 1.31. The molecule has 0 aliphatic heterocycles. The van der Waals surface area contributed by atoms with E-state index < -0.39 is 13.6 Å². The molecule has 0 nitrogen and oxygen atoms in total. The van der Waals surface area contributed by atoms with Gasteiger partial charge in [0.1, 0.15) is 0 Å². The highest BCUT2D eigenvalue weighted by molar-refractivity contribution is 6.28.